The second-order valence-corrected chi connectivity index (χ2v) is 7.08. The maximum atomic E-state index is 12.8. The summed E-state index contributed by atoms with van der Waals surface area (Å²) in [4.78, 5) is 12.8. The zero-order chi connectivity index (χ0) is 18.8. The minimum Gasteiger partial charge on any atom is -0.320 e. The molecule has 0 aliphatic rings. The van der Waals surface area contributed by atoms with Crippen LogP contribution in [0.4, 0.5) is 5.69 Å². The Hall–Kier alpha value is -2.37. The van der Waals surface area contributed by atoms with E-state index >= 15 is 0 Å². The van der Waals surface area contributed by atoms with Gasteiger partial charge in [0.2, 0.25) is 0 Å². The van der Waals surface area contributed by atoms with Gasteiger partial charge in [0.05, 0.1) is 11.4 Å². The highest BCUT2D eigenvalue weighted by Crippen LogP contribution is 2.26. The average Bonchev–Trinajstić information content (AvgIpc) is 3.05. The van der Waals surface area contributed by atoms with E-state index in [1.54, 1.807) is 35.0 Å². The molecule has 0 saturated carbocycles. The van der Waals surface area contributed by atoms with Gasteiger partial charge in [-0.25, -0.2) is 4.68 Å². The molecule has 7 heteroatoms. The summed E-state index contributed by atoms with van der Waals surface area (Å²) in [6, 6.07) is 12.6. The highest BCUT2D eigenvalue weighted by Gasteiger charge is 2.23. The first-order chi connectivity index (χ1) is 12.4. The normalized spacial score (nSPS) is 11.0. The zero-order valence-corrected chi connectivity index (χ0v) is 16.1. The minimum atomic E-state index is -0.320. The third kappa shape index (κ3) is 3.59. The predicted molar refractivity (Wildman–Crippen MR) is 105 cm³/mol. The largest absolute Gasteiger partial charge is 0.320 e. The van der Waals surface area contributed by atoms with Crippen molar-refractivity contribution in [1.29, 1.82) is 0 Å². The number of rotatable bonds is 4. The number of carbonyl (C=O) groups is 1. The molecular formula is C19H18Cl2N4O. The molecule has 0 bridgehead atoms. The number of hydrogen-bond donors (Lipinski definition) is 1. The molecule has 0 radical (unpaired) electrons. The molecule has 5 nitrogen and oxygen atoms in total. The first kappa shape index (κ1) is 18.4. The number of carbonyl (C=O) groups excluding carboxylic acids is 1. The summed E-state index contributed by atoms with van der Waals surface area (Å²) in [6.45, 7) is 5.84. The third-order valence-electron chi connectivity index (χ3n) is 4.05. The van der Waals surface area contributed by atoms with Crippen LogP contribution in [0.3, 0.4) is 0 Å². The van der Waals surface area contributed by atoms with Gasteiger partial charge in [0.25, 0.3) is 5.91 Å². The van der Waals surface area contributed by atoms with Gasteiger partial charge in [-0.05, 0) is 54.8 Å². The SMILES string of the molecule is Cc1c(Cl)cccc1NC(=O)c1nnn(-c2ccc(Cl)cc2)c1C(C)C. The van der Waals surface area contributed by atoms with E-state index in [1.165, 1.54) is 0 Å². The van der Waals surface area contributed by atoms with Crippen molar-refractivity contribution in [2.45, 2.75) is 26.7 Å². The van der Waals surface area contributed by atoms with Crippen molar-refractivity contribution in [3.8, 4) is 5.69 Å². The number of nitrogens with one attached hydrogen (secondary N) is 1. The smallest absolute Gasteiger partial charge is 0.278 e. The zero-order valence-electron chi connectivity index (χ0n) is 14.6. The molecule has 3 aromatic rings. The summed E-state index contributed by atoms with van der Waals surface area (Å²) in [5.74, 6) is -0.277. The molecule has 1 N–H and O–H groups in total. The summed E-state index contributed by atoms with van der Waals surface area (Å²) in [5, 5.41) is 12.4. The lowest BCUT2D eigenvalue weighted by molar-refractivity contribution is 0.102. The van der Waals surface area contributed by atoms with E-state index in [0.29, 0.717) is 15.7 Å². The van der Waals surface area contributed by atoms with Crippen LogP contribution in [0.25, 0.3) is 5.69 Å². The monoisotopic (exact) mass is 388 g/mol. The third-order valence-corrected chi connectivity index (χ3v) is 4.72. The Kier molecular flexibility index (Phi) is 5.30. The fourth-order valence-electron chi connectivity index (χ4n) is 2.67. The molecule has 0 atom stereocenters. The lowest BCUT2D eigenvalue weighted by Gasteiger charge is -2.12. The minimum absolute atomic E-state index is 0.0434. The number of anilines is 1. The Labute approximate surface area is 161 Å². The van der Waals surface area contributed by atoms with Gasteiger partial charge in [0.15, 0.2) is 5.69 Å². The molecule has 134 valence electrons. The molecule has 0 unspecified atom stereocenters. The standard InChI is InChI=1S/C19H18Cl2N4O/c1-11(2)18-17(19(26)22-16-6-4-5-15(21)12(16)3)23-24-25(18)14-9-7-13(20)8-10-14/h4-11H,1-3H3,(H,22,26). The quantitative estimate of drug-likeness (QED) is 0.662. The Balaban J connectivity index is 1.98. The van der Waals surface area contributed by atoms with Gasteiger partial charge in [0, 0.05) is 15.7 Å². The maximum Gasteiger partial charge on any atom is 0.278 e. The van der Waals surface area contributed by atoms with Crippen LogP contribution in [-0.4, -0.2) is 20.9 Å². The van der Waals surface area contributed by atoms with Crippen molar-refractivity contribution in [3.05, 3.63) is 69.5 Å². The number of benzene rings is 2. The lowest BCUT2D eigenvalue weighted by atomic mass is 10.1. The highest BCUT2D eigenvalue weighted by molar-refractivity contribution is 6.31. The summed E-state index contributed by atoms with van der Waals surface area (Å²) < 4.78 is 1.67. The molecule has 26 heavy (non-hydrogen) atoms. The molecule has 1 aromatic heterocycles. The van der Waals surface area contributed by atoms with Crippen LogP contribution >= 0.6 is 23.2 Å². The molecule has 3 rings (SSSR count). The van der Waals surface area contributed by atoms with E-state index in [4.69, 9.17) is 23.2 Å². The Bertz CT molecular complexity index is 949. The van der Waals surface area contributed by atoms with Gasteiger partial charge in [0.1, 0.15) is 0 Å². The second kappa shape index (κ2) is 7.48. The van der Waals surface area contributed by atoms with Gasteiger partial charge in [-0.3, -0.25) is 4.79 Å². The van der Waals surface area contributed by atoms with E-state index in [-0.39, 0.29) is 17.5 Å². The first-order valence-corrected chi connectivity index (χ1v) is 8.92. The van der Waals surface area contributed by atoms with Crippen molar-refractivity contribution in [2.24, 2.45) is 0 Å². The van der Waals surface area contributed by atoms with Gasteiger partial charge in [-0.1, -0.05) is 48.3 Å². The van der Waals surface area contributed by atoms with E-state index in [2.05, 4.69) is 15.6 Å². The molecule has 1 heterocycles. The molecule has 0 aliphatic heterocycles. The van der Waals surface area contributed by atoms with E-state index < -0.39 is 0 Å². The number of amides is 1. The van der Waals surface area contributed by atoms with Crippen molar-refractivity contribution in [1.82, 2.24) is 15.0 Å². The lowest BCUT2D eigenvalue weighted by Crippen LogP contribution is -2.17. The average molecular weight is 389 g/mol. The van der Waals surface area contributed by atoms with E-state index in [1.807, 2.05) is 32.9 Å². The van der Waals surface area contributed by atoms with E-state index in [9.17, 15) is 4.79 Å². The first-order valence-electron chi connectivity index (χ1n) is 8.16. The Morgan fingerprint density at radius 2 is 1.81 bits per heavy atom. The maximum absolute atomic E-state index is 12.8. The fourth-order valence-corrected chi connectivity index (χ4v) is 2.97. The second-order valence-electron chi connectivity index (χ2n) is 6.23. The van der Waals surface area contributed by atoms with Crippen LogP contribution in [-0.2, 0) is 0 Å². The summed E-state index contributed by atoms with van der Waals surface area (Å²) in [5.41, 5.74) is 3.26. The summed E-state index contributed by atoms with van der Waals surface area (Å²) >= 11 is 12.1. The molecule has 0 saturated heterocycles. The Morgan fingerprint density at radius 3 is 2.46 bits per heavy atom. The highest BCUT2D eigenvalue weighted by atomic mass is 35.5. The van der Waals surface area contributed by atoms with Crippen molar-refractivity contribution in [2.75, 3.05) is 5.32 Å². The fraction of sp³-hybridized carbons (Fsp3) is 0.211. The van der Waals surface area contributed by atoms with Crippen molar-refractivity contribution >= 4 is 34.8 Å². The molecule has 1 amide bonds. The van der Waals surface area contributed by atoms with Crippen LogP contribution in [0.2, 0.25) is 10.0 Å². The molecule has 0 aliphatic carbocycles. The Morgan fingerprint density at radius 1 is 1.12 bits per heavy atom. The van der Waals surface area contributed by atoms with Gasteiger partial charge in [-0.2, -0.15) is 0 Å². The van der Waals surface area contributed by atoms with Crippen LogP contribution in [0.15, 0.2) is 42.5 Å². The molecule has 0 spiro atoms. The summed E-state index contributed by atoms with van der Waals surface area (Å²) in [7, 11) is 0. The van der Waals surface area contributed by atoms with Crippen LogP contribution in [0.1, 0.15) is 41.5 Å². The van der Waals surface area contributed by atoms with Crippen molar-refractivity contribution < 1.29 is 4.79 Å². The molecule has 2 aromatic carbocycles. The van der Waals surface area contributed by atoms with Crippen LogP contribution < -0.4 is 5.32 Å². The van der Waals surface area contributed by atoms with Crippen LogP contribution in [0, 0.1) is 6.92 Å². The summed E-state index contributed by atoms with van der Waals surface area (Å²) in [6.07, 6.45) is 0. The van der Waals surface area contributed by atoms with Crippen LogP contribution in [0.5, 0.6) is 0 Å². The number of nitrogens with zero attached hydrogens (tertiary/aromatic N) is 3. The van der Waals surface area contributed by atoms with Crippen molar-refractivity contribution in [3.63, 3.8) is 0 Å². The predicted octanol–water partition coefficient (Wildman–Crippen LogP) is 5.26. The number of halogens is 2. The molecule has 0 fully saturated rings. The number of hydrogen-bond acceptors (Lipinski definition) is 3. The van der Waals surface area contributed by atoms with Gasteiger partial charge in [-0.15, -0.1) is 5.10 Å². The number of aromatic nitrogens is 3. The van der Waals surface area contributed by atoms with E-state index in [0.717, 1.165) is 16.9 Å². The van der Waals surface area contributed by atoms with Gasteiger partial charge >= 0.3 is 0 Å². The molecular weight excluding hydrogens is 371 g/mol. The topological polar surface area (TPSA) is 59.8 Å². The van der Waals surface area contributed by atoms with Gasteiger partial charge < -0.3 is 5.32 Å².